The van der Waals surface area contributed by atoms with Gasteiger partial charge in [-0.1, -0.05) is 0 Å². The molecular formula is C6H11NO2S. The molecule has 1 atom stereocenters. The van der Waals surface area contributed by atoms with Crippen molar-refractivity contribution in [1.82, 2.24) is 4.90 Å². The molecule has 10 heavy (non-hydrogen) atoms. The van der Waals surface area contributed by atoms with E-state index in [-0.39, 0.29) is 12.0 Å². The molecule has 0 spiro atoms. The Kier molecular flexibility index (Phi) is 2.56. The van der Waals surface area contributed by atoms with Crippen molar-refractivity contribution in [2.24, 2.45) is 0 Å². The van der Waals surface area contributed by atoms with Crippen LogP contribution in [-0.2, 0) is 9.53 Å². The average Bonchev–Trinajstić information content (AvgIpc) is 2.34. The molecule has 0 aromatic carbocycles. The van der Waals surface area contributed by atoms with E-state index in [0.29, 0.717) is 0 Å². The molecule has 0 bridgehead atoms. The van der Waals surface area contributed by atoms with Crippen LogP contribution in [0, 0.1) is 0 Å². The first-order valence-electron chi connectivity index (χ1n) is 3.11. The molecule has 0 amide bonds. The Morgan fingerprint density at radius 2 is 2.50 bits per heavy atom. The van der Waals surface area contributed by atoms with Crippen molar-refractivity contribution in [3.8, 4) is 0 Å². The summed E-state index contributed by atoms with van der Waals surface area (Å²) in [6.45, 7) is 0. The van der Waals surface area contributed by atoms with Crippen molar-refractivity contribution in [2.75, 3.05) is 25.8 Å². The zero-order valence-corrected chi connectivity index (χ0v) is 6.98. The lowest BCUT2D eigenvalue weighted by Gasteiger charge is -2.14. The standard InChI is InChI=1S/C6H11NO2S/c1-7-4-10-3-5(7)6(8)9-2/h5H,3-4H2,1-2H3/t5-/m1/s1. The molecule has 0 aromatic heterocycles. The molecule has 3 nitrogen and oxygen atoms in total. The highest BCUT2D eigenvalue weighted by Gasteiger charge is 2.28. The number of esters is 1. The van der Waals surface area contributed by atoms with Gasteiger partial charge in [0, 0.05) is 11.6 Å². The average molecular weight is 161 g/mol. The highest BCUT2D eigenvalue weighted by Crippen LogP contribution is 2.18. The minimum absolute atomic E-state index is 0.0185. The predicted molar refractivity (Wildman–Crippen MR) is 40.9 cm³/mol. The Morgan fingerprint density at radius 3 is 2.90 bits per heavy atom. The molecule has 1 saturated heterocycles. The van der Waals surface area contributed by atoms with Crippen LogP contribution in [0.2, 0.25) is 0 Å². The van der Waals surface area contributed by atoms with Crippen LogP contribution in [0.25, 0.3) is 0 Å². The lowest BCUT2D eigenvalue weighted by Crippen LogP contribution is -2.35. The van der Waals surface area contributed by atoms with E-state index >= 15 is 0 Å². The fraction of sp³-hybridized carbons (Fsp3) is 0.833. The molecule has 4 heteroatoms. The van der Waals surface area contributed by atoms with Gasteiger partial charge in [-0.05, 0) is 7.05 Å². The highest BCUT2D eigenvalue weighted by atomic mass is 32.2. The van der Waals surface area contributed by atoms with Crippen molar-refractivity contribution in [2.45, 2.75) is 6.04 Å². The Bertz CT molecular complexity index is 140. The first-order valence-corrected chi connectivity index (χ1v) is 4.27. The van der Waals surface area contributed by atoms with E-state index in [1.807, 2.05) is 11.9 Å². The topological polar surface area (TPSA) is 29.5 Å². The van der Waals surface area contributed by atoms with E-state index in [2.05, 4.69) is 4.74 Å². The number of likely N-dealkylation sites (N-methyl/N-ethyl adjacent to an activating group) is 1. The van der Waals surface area contributed by atoms with E-state index in [0.717, 1.165) is 11.6 Å². The lowest BCUT2D eigenvalue weighted by atomic mass is 10.3. The zero-order valence-electron chi connectivity index (χ0n) is 6.16. The predicted octanol–water partition coefficient (Wildman–Crippen LogP) is 0.164. The summed E-state index contributed by atoms with van der Waals surface area (Å²) in [5, 5.41) is 0. The molecule has 0 saturated carbocycles. The fourth-order valence-corrected chi connectivity index (χ4v) is 2.10. The number of thioether (sulfide) groups is 1. The molecule has 1 rings (SSSR count). The van der Waals surface area contributed by atoms with Crippen LogP contribution in [-0.4, -0.2) is 42.7 Å². The Balaban J connectivity index is 2.46. The first-order chi connectivity index (χ1) is 4.75. The Hall–Kier alpha value is -0.220. The van der Waals surface area contributed by atoms with E-state index in [9.17, 15) is 4.79 Å². The molecule has 1 aliphatic heterocycles. The van der Waals surface area contributed by atoms with Crippen LogP contribution in [0.1, 0.15) is 0 Å². The largest absolute Gasteiger partial charge is 0.468 e. The summed E-state index contributed by atoms with van der Waals surface area (Å²) in [5.41, 5.74) is 0. The number of rotatable bonds is 1. The van der Waals surface area contributed by atoms with Gasteiger partial charge in [-0.3, -0.25) is 9.69 Å². The molecule has 1 heterocycles. The van der Waals surface area contributed by atoms with Crippen LogP contribution < -0.4 is 0 Å². The van der Waals surface area contributed by atoms with Crippen LogP contribution in [0.15, 0.2) is 0 Å². The SMILES string of the molecule is COC(=O)[C@H]1CSCN1C. The van der Waals surface area contributed by atoms with Crippen LogP contribution in [0.4, 0.5) is 0 Å². The maximum atomic E-state index is 10.9. The molecule has 0 aliphatic carbocycles. The van der Waals surface area contributed by atoms with Crippen molar-refractivity contribution >= 4 is 17.7 Å². The van der Waals surface area contributed by atoms with Gasteiger partial charge in [0.15, 0.2) is 0 Å². The maximum absolute atomic E-state index is 10.9. The quantitative estimate of drug-likeness (QED) is 0.512. The third-order valence-corrected chi connectivity index (χ3v) is 2.72. The summed E-state index contributed by atoms with van der Waals surface area (Å²) in [6, 6.07) is -0.0185. The van der Waals surface area contributed by atoms with E-state index in [4.69, 9.17) is 0 Å². The Morgan fingerprint density at radius 1 is 1.80 bits per heavy atom. The van der Waals surface area contributed by atoms with Gasteiger partial charge in [-0.2, -0.15) is 0 Å². The van der Waals surface area contributed by atoms with Crippen molar-refractivity contribution in [3.63, 3.8) is 0 Å². The third-order valence-electron chi connectivity index (χ3n) is 1.58. The number of nitrogens with zero attached hydrogens (tertiary/aromatic N) is 1. The first kappa shape index (κ1) is 7.88. The number of carbonyl (C=O) groups is 1. The van der Waals surface area contributed by atoms with E-state index < -0.39 is 0 Å². The normalized spacial score (nSPS) is 26.8. The Labute approximate surface area is 64.7 Å². The maximum Gasteiger partial charge on any atom is 0.323 e. The minimum atomic E-state index is -0.118. The fourth-order valence-electron chi connectivity index (χ4n) is 0.910. The van der Waals surface area contributed by atoms with E-state index in [1.54, 1.807) is 11.8 Å². The van der Waals surface area contributed by atoms with E-state index in [1.165, 1.54) is 7.11 Å². The van der Waals surface area contributed by atoms with Crippen LogP contribution >= 0.6 is 11.8 Å². The smallest absolute Gasteiger partial charge is 0.323 e. The molecular weight excluding hydrogens is 150 g/mol. The van der Waals surface area contributed by atoms with Crippen molar-refractivity contribution in [3.05, 3.63) is 0 Å². The second kappa shape index (κ2) is 3.25. The van der Waals surface area contributed by atoms with Gasteiger partial charge >= 0.3 is 5.97 Å². The van der Waals surface area contributed by atoms with Gasteiger partial charge in [-0.15, -0.1) is 11.8 Å². The van der Waals surface area contributed by atoms with Crippen molar-refractivity contribution < 1.29 is 9.53 Å². The monoisotopic (exact) mass is 161 g/mol. The summed E-state index contributed by atoms with van der Waals surface area (Å²) in [7, 11) is 3.36. The van der Waals surface area contributed by atoms with Gasteiger partial charge in [0.05, 0.1) is 7.11 Å². The van der Waals surface area contributed by atoms with Crippen molar-refractivity contribution in [1.29, 1.82) is 0 Å². The number of methoxy groups -OCH3 is 1. The highest BCUT2D eigenvalue weighted by molar-refractivity contribution is 7.99. The summed E-state index contributed by atoms with van der Waals surface area (Å²) in [5.74, 6) is 1.68. The molecule has 0 radical (unpaired) electrons. The summed E-state index contributed by atoms with van der Waals surface area (Å²) >= 11 is 1.76. The number of carbonyl (C=O) groups excluding carboxylic acids is 1. The molecule has 58 valence electrons. The molecule has 1 aliphatic rings. The zero-order chi connectivity index (χ0) is 7.56. The second-order valence-electron chi connectivity index (χ2n) is 2.30. The number of hydrogen-bond donors (Lipinski definition) is 0. The number of ether oxygens (including phenoxy) is 1. The molecule has 0 unspecified atom stereocenters. The third kappa shape index (κ3) is 1.44. The summed E-state index contributed by atoms with van der Waals surface area (Å²) in [6.07, 6.45) is 0. The number of hydrogen-bond acceptors (Lipinski definition) is 4. The van der Waals surface area contributed by atoms with Crippen LogP contribution in [0.3, 0.4) is 0 Å². The lowest BCUT2D eigenvalue weighted by molar-refractivity contribution is -0.144. The molecule has 1 fully saturated rings. The summed E-state index contributed by atoms with van der Waals surface area (Å²) < 4.78 is 4.61. The van der Waals surface area contributed by atoms with Gasteiger partial charge in [0.25, 0.3) is 0 Å². The van der Waals surface area contributed by atoms with Gasteiger partial charge in [0.2, 0.25) is 0 Å². The summed E-state index contributed by atoms with van der Waals surface area (Å²) in [4.78, 5) is 12.9. The van der Waals surface area contributed by atoms with Gasteiger partial charge < -0.3 is 4.74 Å². The minimum Gasteiger partial charge on any atom is -0.468 e. The second-order valence-corrected chi connectivity index (χ2v) is 3.30. The van der Waals surface area contributed by atoms with Gasteiger partial charge in [-0.25, -0.2) is 0 Å². The van der Waals surface area contributed by atoms with Gasteiger partial charge in [0.1, 0.15) is 6.04 Å². The molecule has 0 aromatic rings. The van der Waals surface area contributed by atoms with Crippen LogP contribution in [0.5, 0.6) is 0 Å². The molecule has 0 N–H and O–H groups in total.